The van der Waals surface area contributed by atoms with Gasteiger partial charge in [0.25, 0.3) is 5.91 Å². The zero-order valence-electron chi connectivity index (χ0n) is 18.9. The first-order valence-electron chi connectivity index (χ1n) is 11.8. The Morgan fingerprint density at radius 3 is 2.35 bits per heavy atom. The van der Waals surface area contributed by atoms with Gasteiger partial charge in [0.15, 0.2) is 0 Å². The number of piperidine rings is 1. The van der Waals surface area contributed by atoms with E-state index in [0.29, 0.717) is 43.0 Å². The van der Waals surface area contributed by atoms with Gasteiger partial charge < -0.3 is 15.5 Å². The molecule has 9 heteroatoms. The quantitative estimate of drug-likeness (QED) is 0.638. The number of amides is 2. The Morgan fingerprint density at radius 1 is 0.971 bits per heavy atom. The number of rotatable bonds is 5. The fraction of sp³-hybridized carbons (Fsp3) is 0.480. The first-order chi connectivity index (χ1) is 16.3. The summed E-state index contributed by atoms with van der Waals surface area (Å²) in [5.74, 6) is 0.344. The molecule has 1 saturated carbocycles. The Bertz CT molecular complexity index is 996. The lowest BCUT2D eigenvalue weighted by atomic mass is 9.88. The summed E-state index contributed by atoms with van der Waals surface area (Å²) in [7, 11) is 0. The molecule has 2 fully saturated rings. The number of carbonyl (C=O) groups is 2. The SMILES string of the molecule is O=C(NC1CCN(c2ccc(C(F)(F)F)cn2)CC1)c1cccc(NC(=O)C2CCCCC2)c1. The van der Waals surface area contributed by atoms with E-state index < -0.39 is 11.7 Å². The average Bonchev–Trinajstić information content (AvgIpc) is 2.85. The minimum absolute atomic E-state index is 0.0153. The van der Waals surface area contributed by atoms with Crippen molar-refractivity contribution in [3.8, 4) is 0 Å². The molecule has 0 bridgehead atoms. The molecule has 0 radical (unpaired) electrons. The van der Waals surface area contributed by atoms with Crippen LogP contribution in [0.25, 0.3) is 0 Å². The van der Waals surface area contributed by atoms with Crippen molar-refractivity contribution in [2.24, 2.45) is 5.92 Å². The van der Waals surface area contributed by atoms with Gasteiger partial charge >= 0.3 is 6.18 Å². The van der Waals surface area contributed by atoms with Gasteiger partial charge in [-0.15, -0.1) is 0 Å². The normalized spacial score (nSPS) is 17.9. The number of alkyl halides is 3. The highest BCUT2D eigenvalue weighted by molar-refractivity contribution is 5.97. The van der Waals surface area contributed by atoms with Gasteiger partial charge in [-0.05, 0) is 56.0 Å². The molecule has 1 aliphatic heterocycles. The molecule has 1 aromatic carbocycles. The average molecular weight is 475 g/mol. The maximum absolute atomic E-state index is 12.8. The summed E-state index contributed by atoms with van der Waals surface area (Å²) in [5, 5.41) is 5.98. The highest BCUT2D eigenvalue weighted by Crippen LogP contribution is 2.30. The summed E-state index contributed by atoms with van der Waals surface area (Å²) in [4.78, 5) is 31.2. The van der Waals surface area contributed by atoms with Gasteiger partial charge in [-0.1, -0.05) is 25.3 Å². The van der Waals surface area contributed by atoms with Crippen LogP contribution in [0.15, 0.2) is 42.6 Å². The number of aromatic nitrogens is 1. The van der Waals surface area contributed by atoms with Gasteiger partial charge in [0, 0.05) is 42.5 Å². The fourth-order valence-corrected chi connectivity index (χ4v) is 4.61. The molecular weight excluding hydrogens is 445 g/mol. The van der Waals surface area contributed by atoms with Crippen molar-refractivity contribution in [2.75, 3.05) is 23.3 Å². The van der Waals surface area contributed by atoms with Crippen molar-refractivity contribution in [1.29, 1.82) is 0 Å². The molecule has 182 valence electrons. The minimum Gasteiger partial charge on any atom is -0.356 e. The number of hydrogen-bond donors (Lipinski definition) is 2. The van der Waals surface area contributed by atoms with E-state index in [1.165, 1.54) is 12.5 Å². The molecule has 2 N–H and O–H groups in total. The molecule has 2 amide bonds. The van der Waals surface area contributed by atoms with E-state index >= 15 is 0 Å². The van der Waals surface area contributed by atoms with Crippen LogP contribution in [-0.4, -0.2) is 35.9 Å². The number of benzene rings is 1. The lowest BCUT2D eigenvalue weighted by Gasteiger charge is -2.33. The maximum atomic E-state index is 12.8. The second-order valence-electron chi connectivity index (χ2n) is 9.04. The van der Waals surface area contributed by atoms with E-state index in [1.807, 2.05) is 4.90 Å². The molecule has 1 aromatic heterocycles. The van der Waals surface area contributed by atoms with Crippen LogP contribution in [-0.2, 0) is 11.0 Å². The van der Waals surface area contributed by atoms with Gasteiger partial charge in [0.05, 0.1) is 5.56 Å². The molecule has 0 spiro atoms. The van der Waals surface area contributed by atoms with Gasteiger partial charge in [-0.25, -0.2) is 4.98 Å². The van der Waals surface area contributed by atoms with Crippen molar-refractivity contribution in [2.45, 2.75) is 57.2 Å². The summed E-state index contributed by atoms with van der Waals surface area (Å²) in [6.07, 6.45) is 2.92. The maximum Gasteiger partial charge on any atom is 0.417 e. The predicted octanol–water partition coefficient (Wildman–Crippen LogP) is 5.02. The zero-order chi connectivity index (χ0) is 24.1. The molecule has 34 heavy (non-hydrogen) atoms. The lowest BCUT2D eigenvalue weighted by Crippen LogP contribution is -2.45. The smallest absolute Gasteiger partial charge is 0.356 e. The van der Waals surface area contributed by atoms with E-state index in [-0.39, 0.29) is 23.8 Å². The van der Waals surface area contributed by atoms with Gasteiger partial charge in [0.1, 0.15) is 5.82 Å². The van der Waals surface area contributed by atoms with E-state index in [1.54, 1.807) is 24.3 Å². The van der Waals surface area contributed by atoms with Gasteiger partial charge in [0.2, 0.25) is 5.91 Å². The van der Waals surface area contributed by atoms with Gasteiger partial charge in [-0.2, -0.15) is 13.2 Å². The summed E-state index contributed by atoms with van der Waals surface area (Å²) in [6, 6.07) is 9.32. The van der Waals surface area contributed by atoms with Crippen molar-refractivity contribution in [3.05, 3.63) is 53.7 Å². The minimum atomic E-state index is -4.40. The standard InChI is InChI=1S/C25H29F3N4O2/c26-25(27,28)19-9-10-22(29-16-19)32-13-11-20(12-14-32)30-24(34)18-7-4-8-21(15-18)31-23(33)17-5-2-1-3-6-17/h4,7-10,15-17,20H,1-3,5-6,11-14H2,(H,30,34)(H,31,33). The lowest BCUT2D eigenvalue weighted by molar-refractivity contribution is -0.137. The third-order valence-corrected chi connectivity index (χ3v) is 6.60. The number of pyridine rings is 1. The van der Waals surface area contributed by atoms with E-state index in [4.69, 9.17) is 0 Å². The van der Waals surface area contributed by atoms with Crippen LogP contribution in [0.4, 0.5) is 24.7 Å². The van der Waals surface area contributed by atoms with Crippen LogP contribution >= 0.6 is 0 Å². The summed E-state index contributed by atoms with van der Waals surface area (Å²) in [6.45, 7) is 1.17. The topological polar surface area (TPSA) is 74.3 Å². The van der Waals surface area contributed by atoms with Gasteiger partial charge in [-0.3, -0.25) is 9.59 Å². The zero-order valence-corrected chi connectivity index (χ0v) is 18.9. The number of hydrogen-bond acceptors (Lipinski definition) is 4. The molecule has 6 nitrogen and oxygen atoms in total. The summed E-state index contributed by atoms with van der Waals surface area (Å²) >= 11 is 0. The van der Waals surface area contributed by atoms with E-state index in [2.05, 4.69) is 15.6 Å². The fourth-order valence-electron chi connectivity index (χ4n) is 4.61. The van der Waals surface area contributed by atoms with Crippen molar-refractivity contribution >= 4 is 23.3 Å². The molecular formula is C25H29F3N4O2. The molecule has 2 heterocycles. The highest BCUT2D eigenvalue weighted by Gasteiger charge is 2.31. The number of halogens is 3. The molecule has 1 aliphatic carbocycles. The van der Waals surface area contributed by atoms with E-state index in [0.717, 1.165) is 37.9 Å². The Labute approximate surface area is 196 Å². The van der Waals surface area contributed by atoms with Crippen LogP contribution in [0, 0.1) is 5.92 Å². The molecule has 4 rings (SSSR count). The molecule has 1 saturated heterocycles. The molecule has 0 unspecified atom stereocenters. The van der Waals surface area contributed by atoms with Crippen molar-refractivity contribution < 1.29 is 22.8 Å². The summed E-state index contributed by atoms with van der Waals surface area (Å²) in [5.41, 5.74) is 0.329. The Kier molecular flexibility index (Phi) is 7.38. The largest absolute Gasteiger partial charge is 0.417 e. The Hall–Kier alpha value is -3.10. The summed E-state index contributed by atoms with van der Waals surface area (Å²) < 4.78 is 38.2. The number of nitrogens with one attached hydrogen (secondary N) is 2. The molecule has 2 aliphatic rings. The third kappa shape index (κ3) is 6.07. The molecule has 0 atom stereocenters. The van der Waals surface area contributed by atoms with Crippen LogP contribution in [0.1, 0.15) is 60.9 Å². The Balaban J connectivity index is 1.28. The highest BCUT2D eigenvalue weighted by atomic mass is 19.4. The van der Waals surface area contributed by atoms with Crippen molar-refractivity contribution in [1.82, 2.24) is 10.3 Å². The van der Waals surface area contributed by atoms with Crippen molar-refractivity contribution in [3.63, 3.8) is 0 Å². The van der Waals surface area contributed by atoms with Crippen LogP contribution < -0.4 is 15.5 Å². The predicted molar refractivity (Wildman–Crippen MR) is 124 cm³/mol. The second-order valence-corrected chi connectivity index (χ2v) is 9.04. The third-order valence-electron chi connectivity index (χ3n) is 6.60. The van der Waals surface area contributed by atoms with Crippen LogP contribution in [0.5, 0.6) is 0 Å². The number of nitrogens with zero attached hydrogens (tertiary/aromatic N) is 2. The first-order valence-corrected chi connectivity index (χ1v) is 11.8. The number of carbonyl (C=O) groups excluding carboxylic acids is 2. The number of anilines is 2. The van der Waals surface area contributed by atoms with Crippen LogP contribution in [0.3, 0.4) is 0 Å². The first kappa shape index (κ1) is 24.0. The monoisotopic (exact) mass is 474 g/mol. The second kappa shape index (κ2) is 10.4. The Morgan fingerprint density at radius 2 is 1.71 bits per heavy atom. The van der Waals surface area contributed by atoms with E-state index in [9.17, 15) is 22.8 Å². The van der Waals surface area contributed by atoms with Crippen LogP contribution in [0.2, 0.25) is 0 Å². The molecule has 2 aromatic rings.